The van der Waals surface area contributed by atoms with Gasteiger partial charge in [-0.1, -0.05) is 0 Å². The number of alkyl halides is 15. The van der Waals surface area contributed by atoms with Gasteiger partial charge in [-0.05, 0) is 6.92 Å². The molecule has 0 heterocycles. The van der Waals surface area contributed by atoms with E-state index in [9.17, 15) is 65.9 Å². The molecule has 0 bridgehead atoms. The summed E-state index contributed by atoms with van der Waals surface area (Å²) in [6.07, 6.45) is -14.8. The van der Waals surface area contributed by atoms with Crippen LogP contribution in [0.5, 0.6) is 0 Å². The molecule has 1 atom stereocenters. The molecule has 0 N–H and O–H groups in total. The van der Waals surface area contributed by atoms with Gasteiger partial charge in [-0.25, -0.2) is 0 Å². The predicted molar refractivity (Wildman–Crippen MR) is 47.4 cm³/mol. The van der Waals surface area contributed by atoms with Gasteiger partial charge in [-0.15, -0.1) is 0 Å². The number of ether oxygens (including phenoxy) is 1. The van der Waals surface area contributed by atoms with E-state index >= 15 is 0 Å². The van der Waals surface area contributed by atoms with Crippen molar-refractivity contribution in [1.29, 1.82) is 0 Å². The first kappa shape index (κ1) is 23.9. The zero-order valence-corrected chi connectivity index (χ0v) is 11.3. The largest absolute Gasteiger partial charge is 0.460 e. The highest BCUT2D eigenvalue weighted by Gasteiger charge is 2.93. The molecule has 0 saturated carbocycles. The van der Waals surface area contributed by atoms with Crippen LogP contribution >= 0.6 is 0 Å². The van der Waals surface area contributed by atoms with Crippen molar-refractivity contribution >= 4 is 0 Å². The Hall–Kier alpha value is -1.09. The van der Waals surface area contributed by atoms with Gasteiger partial charge in [0.05, 0.1) is 0 Å². The number of hydrogen-bond donors (Lipinski definition) is 0. The van der Waals surface area contributed by atoms with Crippen LogP contribution in [-0.2, 0) is 4.74 Å². The molecular formula is C9H5F15O. The van der Waals surface area contributed by atoms with Gasteiger partial charge in [0.15, 0.2) is 0 Å². The Bertz CT molecular complexity index is 474. The fourth-order valence-electron chi connectivity index (χ4n) is 1.32. The maximum absolute atomic E-state index is 13.4. The van der Waals surface area contributed by atoms with Gasteiger partial charge >= 0.3 is 41.9 Å². The maximum atomic E-state index is 13.4. The third kappa shape index (κ3) is 3.09. The van der Waals surface area contributed by atoms with Crippen LogP contribution in [0.3, 0.4) is 0 Å². The van der Waals surface area contributed by atoms with Crippen LogP contribution in [0.1, 0.15) is 6.92 Å². The molecule has 0 spiro atoms. The second kappa shape index (κ2) is 5.97. The summed E-state index contributed by atoms with van der Waals surface area (Å²) in [5.41, 5.74) is 0. The lowest BCUT2D eigenvalue weighted by Crippen LogP contribution is -2.73. The van der Waals surface area contributed by atoms with E-state index in [1.165, 1.54) is 0 Å². The van der Waals surface area contributed by atoms with Crippen molar-refractivity contribution in [1.82, 2.24) is 0 Å². The van der Waals surface area contributed by atoms with Crippen molar-refractivity contribution in [3.05, 3.63) is 0 Å². The molecule has 0 aliphatic rings. The van der Waals surface area contributed by atoms with E-state index in [-0.39, 0.29) is 6.92 Å². The molecule has 0 aliphatic heterocycles. The monoisotopic (exact) mass is 414 g/mol. The van der Waals surface area contributed by atoms with Crippen LogP contribution < -0.4 is 0 Å². The summed E-state index contributed by atoms with van der Waals surface area (Å²) in [5, 5.41) is 0. The summed E-state index contributed by atoms with van der Waals surface area (Å²) in [6, 6.07) is 0. The lowest BCUT2D eigenvalue weighted by Gasteiger charge is -2.42. The molecular weight excluding hydrogens is 409 g/mol. The van der Waals surface area contributed by atoms with E-state index in [2.05, 4.69) is 4.74 Å². The second-order valence-corrected chi connectivity index (χ2v) is 4.32. The molecule has 0 unspecified atom stereocenters. The summed E-state index contributed by atoms with van der Waals surface area (Å²) in [7, 11) is 0. The minimum atomic E-state index is -8.18. The highest BCUT2D eigenvalue weighted by molar-refractivity contribution is 5.12. The Morgan fingerprint density at radius 3 is 1.04 bits per heavy atom. The molecule has 0 rings (SSSR count). The predicted octanol–water partition coefficient (Wildman–Crippen LogP) is 5.35. The van der Waals surface area contributed by atoms with Gasteiger partial charge in [-0.3, -0.25) is 0 Å². The molecule has 0 radical (unpaired) electrons. The Kier molecular flexibility index (Phi) is 5.71. The first-order chi connectivity index (χ1) is 10.6. The minimum absolute atomic E-state index is 0.288. The molecule has 0 fully saturated rings. The maximum Gasteiger partial charge on any atom is 0.460 e. The van der Waals surface area contributed by atoms with Crippen LogP contribution in [-0.4, -0.2) is 48.5 Å². The van der Waals surface area contributed by atoms with E-state index in [1.54, 1.807) is 0 Å². The summed E-state index contributed by atoms with van der Waals surface area (Å²) >= 11 is 0. The van der Waals surface area contributed by atoms with Crippen LogP contribution in [0.25, 0.3) is 0 Å². The second-order valence-electron chi connectivity index (χ2n) is 4.32. The van der Waals surface area contributed by atoms with E-state index < -0.39 is 48.5 Å². The van der Waals surface area contributed by atoms with Crippen molar-refractivity contribution in [3.63, 3.8) is 0 Å². The zero-order valence-electron chi connectivity index (χ0n) is 11.3. The topological polar surface area (TPSA) is 9.23 Å². The standard InChI is InChI=1S/C9H5F15O/c1-2-25-7(18,9(22,23)24)5(14,15)3(10,11)4(12,13)6(16,17)8(19,20)21/h2H2,1H3/t7-/m1/s1. The summed E-state index contributed by atoms with van der Waals surface area (Å²) in [6.45, 7) is -1.53. The number of rotatable bonds is 6. The van der Waals surface area contributed by atoms with Crippen LogP contribution in [0, 0.1) is 0 Å². The van der Waals surface area contributed by atoms with Crippen molar-refractivity contribution < 1.29 is 70.6 Å². The minimum Gasteiger partial charge on any atom is -0.334 e. The normalized spacial score (nSPS) is 18.2. The molecule has 25 heavy (non-hydrogen) atoms. The molecule has 0 aliphatic carbocycles. The average molecular weight is 414 g/mol. The van der Waals surface area contributed by atoms with Crippen molar-refractivity contribution in [2.24, 2.45) is 0 Å². The molecule has 0 amide bonds. The van der Waals surface area contributed by atoms with E-state index in [1.807, 2.05) is 0 Å². The van der Waals surface area contributed by atoms with Crippen LogP contribution in [0.2, 0.25) is 0 Å². The Morgan fingerprint density at radius 1 is 0.480 bits per heavy atom. The summed E-state index contributed by atoms with van der Waals surface area (Å²) < 4.78 is 191. The smallest absolute Gasteiger partial charge is 0.334 e. The van der Waals surface area contributed by atoms with Gasteiger partial charge in [0.25, 0.3) is 0 Å². The zero-order chi connectivity index (χ0) is 20.9. The number of halogens is 15. The van der Waals surface area contributed by atoms with E-state index in [0.29, 0.717) is 0 Å². The fourth-order valence-corrected chi connectivity index (χ4v) is 1.32. The van der Waals surface area contributed by atoms with Gasteiger partial charge in [0, 0.05) is 6.61 Å². The molecule has 1 nitrogen and oxygen atoms in total. The molecule has 0 saturated heterocycles. The molecule has 16 heteroatoms. The van der Waals surface area contributed by atoms with Crippen LogP contribution in [0.15, 0.2) is 0 Å². The first-order valence-electron chi connectivity index (χ1n) is 5.53. The van der Waals surface area contributed by atoms with Crippen LogP contribution in [0.4, 0.5) is 65.9 Å². The van der Waals surface area contributed by atoms with E-state index in [0.717, 1.165) is 0 Å². The molecule has 152 valence electrons. The molecule has 0 aromatic carbocycles. The third-order valence-electron chi connectivity index (χ3n) is 2.65. The quantitative estimate of drug-likeness (QED) is 0.533. The van der Waals surface area contributed by atoms with Gasteiger partial charge in [0.2, 0.25) is 0 Å². The number of hydrogen-bond acceptors (Lipinski definition) is 1. The first-order valence-corrected chi connectivity index (χ1v) is 5.53. The SMILES string of the molecule is CCO[C@@](F)(C(F)(F)F)C(F)(F)C(F)(F)C(F)(F)C(F)(F)C(F)(F)F. The van der Waals surface area contributed by atoms with Crippen molar-refractivity contribution in [2.75, 3.05) is 6.61 Å². The Labute approximate surface area is 127 Å². The van der Waals surface area contributed by atoms with Gasteiger partial charge in [-0.2, -0.15) is 65.9 Å². The van der Waals surface area contributed by atoms with Gasteiger partial charge < -0.3 is 4.74 Å². The fraction of sp³-hybridized carbons (Fsp3) is 1.00. The molecule has 0 aromatic rings. The van der Waals surface area contributed by atoms with E-state index in [4.69, 9.17) is 0 Å². The highest BCUT2D eigenvalue weighted by Crippen LogP contribution is 2.62. The van der Waals surface area contributed by atoms with Crippen molar-refractivity contribution in [2.45, 2.75) is 48.8 Å². The van der Waals surface area contributed by atoms with Crippen molar-refractivity contribution in [3.8, 4) is 0 Å². The average Bonchev–Trinajstić information content (AvgIpc) is 2.35. The van der Waals surface area contributed by atoms with Gasteiger partial charge in [0.1, 0.15) is 0 Å². The lowest BCUT2D eigenvalue weighted by atomic mass is 9.93. The third-order valence-corrected chi connectivity index (χ3v) is 2.65. The Morgan fingerprint density at radius 2 is 0.800 bits per heavy atom. The summed E-state index contributed by atoms with van der Waals surface area (Å²) in [4.78, 5) is 0. The highest BCUT2D eigenvalue weighted by atomic mass is 19.4. The lowest BCUT2D eigenvalue weighted by molar-refractivity contribution is -0.478. The molecule has 0 aromatic heterocycles. The Balaban J connectivity index is 6.56. The summed E-state index contributed by atoms with van der Waals surface area (Å²) in [5.74, 6) is -39.2.